The molecule has 0 aliphatic heterocycles. The molecule has 0 bridgehead atoms. The van der Waals surface area contributed by atoms with E-state index in [0.717, 1.165) is 0 Å². The summed E-state index contributed by atoms with van der Waals surface area (Å²) in [6, 6.07) is -1.78. The molecular weight excluding hydrogens is 322 g/mol. The van der Waals surface area contributed by atoms with Gasteiger partial charge in [-0.3, -0.25) is 15.2 Å². The lowest BCUT2D eigenvalue weighted by Crippen LogP contribution is -2.57. The second-order valence-corrected chi connectivity index (χ2v) is 7.12. The van der Waals surface area contributed by atoms with Crippen molar-refractivity contribution in [1.82, 2.24) is 20.6 Å². The molecule has 4 N–H and O–H groups in total. The number of hydrogen-bond acceptors (Lipinski definition) is 5. The van der Waals surface area contributed by atoms with Crippen molar-refractivity contribution >= 4 is 17.7 Å². The zero-order valence-electron chi connectivity index (χ0n) is 15.3. The summed E-state index contributed by atoms with van der Waals surface area (Å²) < 4.78 is 0. The maximum Gasteiger partial charge on any atom is 0.326 e. The number of amidine groups is 1. The van der Waals surface area contributed by atoms with E-state index < -0.39 is 29.4 Å². The second kappa shape index (κ2) is 8.55. The van der Waals surface area contributed by atoms with Crippen LogP contribution in [-0.2, 0) is 9.59 Å². The van der Waals surface area contributed by atoms with Crippen LogP contribution in [0.25, 0.3) is 0 Å². The van der Waals surface area contributed by atoms with E-state index in [-0.39, 0.29) is 11.8 Å². The maximum absolute atomic E-state index is 12.7. The Kier molecular flexibility index (Phi) is 7.02. The van der Waals surface area contributed by atoms with Crippen LogP contribution in [0.4, 0.5) is 0 Å². The van der Waals surface area contributed by atoms with Gasteiger partial charge in [0.25, 0.3) is 0 Å². The minimum atomic E-state index is -1.09. The summed E-state index contributed by atoms with van der Waals surface area (Å²) in [5, 5.41) is 23.0. The van der Waals surface area contributed by atoms with Gasteiger partial charge in [0.1, 0.15) is 23.6 Å². The highest BCUT2D eigenvalue weighted by Gasteiger charge is 2.35. The summed E-state index contributed by atoms with van der Waals surface area (Å²) in [5.41, 5.74) is -0.325. The number of amides is 1. The van der Waals surface area contributed by atoms with Gasteiger partial charge in [0.2, 0.25) is 5.91 Å². The van der Waals surface area contributed by atoms with Crippen LogP contribution in [0, 0.1) is 16.7 Å². The number of aromatic nitrogens is 2. The monoisotopic (exact) mass is 349 g/mol. The zero-order chi connectivity index (χ0) is 19.2. The number of carbonyl (C=O) groups excluding carboxylic acids is 1. The molecule has 8 nitrogen and oxygen atoms in total. The van der Waals surface area contributed by atoms with Crippen LogP contribution < -0.4 is 10.6 Å². The predicted octanol–water partition coefficient (Wildman–Crippen LogP) is 1.42. The van der Waals surface area contributed by atoms with E-state index in [1.54, 1.807) is 20.8 Å². The third-order valence-corrected chi connectivity index (χ3v) is 4.01. The predicted molar refractivity (Wildman–Crippen MR) is 94.3 cm³/mol. The molecule has 1 aromatic rings. The SMILES string of the molecule is CCC(C)[C@H](NC(=N)c1cnccn1)C(=O)N[C@H](C(=O)O)C(C)(C)C. The Balaban J connectivity index is 2.96. The fourth-order valence-corrected chi connectivity index (χ4v) is 2.24. The lowest BCUT2D eigenvalue weighted by molar-refractivity contribution is -0.145. The Morgan fingerprint density at radius 3 is 2.36 bits per heavy atom. The van der Waals surface area contributed by atoms with Crippen molar-refractivity contribution in [3.8, 4) is 0 Å². The number of hydrogen-bond donors (Lipinski definition) is 4. The van der Waals surface area contributed by atoms with Gasteiger partial charge in [-0.15, -0.1) is 0 Å². The van der Waals surface area contributed by atoms with Crippen LogP contribution in [-0.4, -0.2) is 44.9 Å². The van der Waals surface area contributed by atoms with Crippen molar-refractivity contribution in [2.45, 2.75) is 53.1 Å². The number of carboxylic acids is 1. The highest BCUT2D eigenvalue weighted by molar-refractivity contribution is 5.98. The number of nitrogens with one attached hydrogen (secondary N) is 3. The summed E-state index contributed by atoms with van der Waals surface area (Å²) in [6.45, 7) is 9.04. The van der Waals surface area contributed by atoms with Gasteiger partial charge >= 0.3 is 5.97 Å². The van der Waals surface area contributed by atoms with Crippen LogP contribution in [0.5, 0.6) is 0 Å². The van der Waals surface area contributed by atoms with Crippen molar-refractivity contribution in [3.63, 3.8) is 0 Å². The molecule has 0 aromatic carbocycles. The third kappa shape index (κ3) is 5.81. The minimum absolute atomic E-state index is 0.0313. The quantitative estimate of drug-likeness (QED) is 0.435. The molecule has 0 saturated heterocycles. The molecule has 0 fully saturated rings. The molecule has 0 spiro atoms. The van der Waals surface area contributed by atoms with Gasteiger partial charge in [-0.1, -0.05) is 41.0 Å². The lowest BCUT2D eigenvalue weighted by atomic mass is 9.86. The minimum Gasteiger partial charge on any atom is -0.480 e. The Labute approximate surface area is 148 Å². The molecule has 1 amide bonds. The lowest BCUT2D eigenvalue weighted by Gasteiger charge is -2.31. The van der Waals surface area contributed by atoms with E-state index in [0.29, 0.717) is 12.1 Å². The van der Waals surface area contributed by atoms with Crippen LogP contribution >= 0.6 is 0 Å². The van der Waals surface area contributed by atoms with E-state index in [2.05, 4.69) is 20.6 Å². The molecule has 0 radical (unpaired) electrons. The fraction of sp³-hybridized carbons (Fsp3) is 0.588. The largest absolute Gasteiger partial charge is 0.480 e. The highest BCUT2D eigenvalue weighted by atomic mass is 16.4. The third-order valence-electron chi connectivity index (χ3n) is 4.01. The van der Waals surface area contributed by atoms with Crippen molar-refractivity contribution in [3.05, 3.63) is 24.3 Å². The fourth-order valence-electron chi connectivity index (χ4n) is 2.24. The van der Waals surface area contributed by atoms with Gasteiger partial charge in [0, 0.05) is 12.4 Å². The summed E-state index contributed by atoms with van der Waals surface area (Å²) in [7, 11) is 0. The van der Waals surface area contributed by atoms with Crippen LogP contribution in [0.1, 0.15) is 46.7 Å². The van der Waals surface area contributed by atoms with Crippen molar-refractivity contribution in [1.29, 1.82) is 5.41 Å². The Bertz CT molecular complexity index is 612. The summed E-state index contributed by atoms with van der Waals surface area (Å²) in [6.07, 6.45) is 5.07. The molecule has 8 heteroatoms. The van der Waals surface area contributed by atoms with Crippen molar-refractivity contribution in [2.24, 2.45) is 11.3 Å². The Hall–Kier alpha value is -2.51. The Morgan fingerprint density at radius 1 is 1.28 bits per heavy atom. The highest BCUT2D eigenvalue weighted by Crippen LogP contribution is 2.20. The zero-order valence-corrected chi connectivity index (χ0v) is 15.3. The number of rotatable bonds is 7. The second-order valence-electron chi connectivity index (χ2n) is 7.12. The maximum atomic E-state index is 12.7. The normalized spacial score (nSPS) is 14.9. The molecule has 1 heterocycles. The first kappa shape index (κ1) is 20.5. The first-order valence-electron chi connectivity index (χ1n) is 8.22. The smallest absolute Gasteiger partial charge is 0.326 e. The molecule has 0 aliphatic carbocycles. The average Bonchev–Trinajstić information content (AvgIpc) is 2.55. The molecule has 25 heavy (non-hydrogen) atoms. The summed E-state index contributed by atoms with van der Waals surface area (Å²) >= 11 is 0. The van der Waals surface area contributed by atoms with Crippen LogP contribution in [0.2, 0.25) is 0 Å². The molecule has 1 aromatic heterocycles. The first-order chi connectivity index (χ1) is 11.6. The molecule has 0 saturated carbocycles. The Morgan fingerprint density at radius 2 is 1.92 bits per heavy atom. The number of carboxylic acid groups (broad SMARTS) is 1. The first-order valence-corrected chi connectivity index (χ1v) is 8.22. The number of carbonyl (C=O) groups is 2. The van der Waals surface area contributed by atoms with Crippen LogP contribution in [0.15, 0.2) is 18.6 Å². The van der Waals surface area contributed by atoms with Gasteiger partial charge in [0.05, 0.1) is 6.20 Å². The number of nitrogens with zero attached hydrogens (tertiary/aromatic N) is 2. The molecule has 0 aliphatic rings. The summed E-state index contributed by atoms with van der Waals surface area (Å²) in [4.78, 5) is 32.1. The molecule has 3 atom stereocenters. The summed E-state index contributed by atoms with van der Waals surface area (Å²) in [5.74, 6) is -1.68. The van der Waals surface area contributed by atoms with Gasteiger partial charge in [0.15, 0.2) is 0 Å². The van der Waals surface area contributed by atoms with E-state index in [1.807, 2.05) is 13.8 Å². The topological polar surface area (TPSA) is 128 Å². The average molecular weight is 349 g/mol. The van der Waals surface area contributed by atoms with Gasteiger partial charge in [-0.05, 0) is 11.3 Å². The molecule has 1 unspecified atom stereocenters. The molecule has 1 rings (SSSR count). The standard InChI is InChI=1S/C17H27N5O3/c1-6-10(2)12(21-14(18)11-9-19-7-8-20-11)15(23)22-13(16(24)25)17(3,4)5/h7-10,12-13H,6H2,1-5H3,(H2,18,21)(H,22,23)(H,24,25)/t10?,12-,13+/m0/s1. The molecular formula is C17H27N5O3. The van der Waals surface area contributed by atoms with E-state index >= 15 is 0 Å². The van der Waals surface area contributed by atoms with E-state index in [1.165, 1.54) is 18.6 Å². The van der Waals surface area contributed by atoms with E-state index in [4.69, 9.17) is 5.41 Å². The van der Waals surface area contributed by atoms with Crippen molar-refractivity contribution < 1.29 is 14.7 Å². The van der Waals surface area contributed by atoms with E-state index in [9.17, 15) is 14.7 Å². The van der Waals surface area contributed by atoms with Crippen LogP contribution in [0.3, 0.4) is 0 Å². The molecule has 138 valence electrons. The van der Waals surface area contributed by atoms with Gasteiger partial charge in [-0.25, -0.2) is 9.78 Å². The van der Waals surface area contributed by atoms with Crippen molar-refractivity contribution in [2.75, 3.05) is 0 Å². The van der Waals surface area contributed by atoms with Gasteiger partial charge < -0.3 is 15.7 Å². The number of aliphatic carboxylic acids is 1. The van der Waals surface area contributed by atoms with Gasteiger partial charge in [-0.2, -0.15) is 0 Å².